The van der Waals surface area contributed by atoms with Gasteiger partial charge in [0.1, 0.15) is 5.75 Å². The lowest BCUT2D eigenvalue weighted by molar-refractivity contribution is 0.415. The first-order chi connectivity index (χ1) is 11.4. The summed E-state index contributed by atoms with van der Waals surface area (Å²) < 4.78 is 5.19. The van der Waals surface area contributed by atoms with Crippen LogP contribution >= 0.6 is 0 Å². The summed E-state index contributed by atoms with van der Waals surface area (Å²) in [6.45, 7) is 2.11. The van der Waals surface area contributed by atoms with Crippen LogP contribution in [0.25, 0.3) is 0 Å². The first kappa shape index (κ1) is 15.6. The predicted octanol–water partition coefficient (Wildman–Crippen LogP) is 3.51. The van der Waals surface area contributed by atoms with E-state index in [1.54, 1.807) is 7.11 Å². The average molecular weight is 309 g/mol. The van der Waals surface area contributed by atoms with Crippen molar-refractivity contribution in [3.8, 4) is 5.75 Å². The zero-order valence-corrected chi connectivity index (χ0v) is 13.5. The molecule has 23 heavy (non-hydrogen) atoms. The zero-order valence-electron chi connectivity index (χ0n) is 13.5. The van der Waals surface area contributed by atoms with E-state index < -0.39 is 0 Å². The first-order valence-electron chi connectivity index (χ1n) is 8.10. The number of hydrazone groups is 1. The van der Waals surface area contributed by atoms with E-state index in [4.69, 9.17) is 9.84 Å². The Hall–Kier alpha value is -2.33. The Bertz CT molecular complexity index is 631. The number of hydrogen-bond donors (Lipinski definition) is 2. The number of rotatable bonds is 5. The minimum absolute atomic E-state index is 0.490. The third-order valence-electron chi connectivity index (χ3n) is 4.19. The Morgan fingerprint density at radius 2 is 1.74 bits per heavy atom. The molecule has 1 fully saturated rings. The van der Waals surface area contributed by atoms with E-state index in [1.807, 2.05) is 30.3 Å². The first-order valence-corrected chi connectivity index (χ1v) is 8.10. The molecule has 0 aliphatic carbocycles. The Kier molecular flexibility index (Phi) is 5.27. The van der Waals surface area contributed by atoms with E-state index in [-0.39, 0.29) is 0 Å². The van der Waals surface area contributed by atoms with Crippen LogP contribution in [-0.4, -0.2) is 25.9 Å². The minimum atomic E-state index is 0.490. The number of anilines is 1. The van der Waals surface area contributed by atoms with Gasteiger partial charge in [-0.1, -0.05) is 30.3 Å². The number of nitrogens with one attached hydrogen (secondary N) is 2. The number of ether oxygens (including phenoxy) is 1. The molecule has 2 aromatic rings. The number of nitrogens with zero attached hydrogens (tertiary/aromatic N) is 1. The molecule has 1 heterocycles. The van der Waals surface area contributed by atoms with Gasteiger partial charge in [0.2, 0.25) is 0 Å². The van der Waals surface area contributed by atoms with E-state index in [0.717, 1.165) is 43.1 Å². The van der Waals surface area contributed by atoms with Gasteiger partial charge in [-0.05, 0) is 55.8 Å². The summed E-state index contributed by atoms with van der Waals surface area (Å²) in [7, 11) is 1.67. The maximum absolute atomic E-state index is 5.19. The molecule has 3 rings (SSSR count). The van der Waals surface area contributed by atoms with Crippen molar-refractivity contribution in [1.82, 2.24) is 5.32 Å². The van der Waals surface area contributed by atoms with Crippen LogP contribution in [0.3, 0.4) is 0 Å². The van der Waals surface area contributed by atoms with Gasteiger partial charge >= 0.3 is 0 Å². The highest BCUT2D eigenvalue weighted by Crippen LogP contribution is 2.20. The summed E-state index contributed by atoms with van der Waals surface area (Å²) in [4.78, 5) is 0. The molecule has 0 radical (unpaired) electrons. The smallest absolute Gasteiger partial charge is 0.119 e. The van der Waals surface area contributed by atoms with Crippen LogP contribution in [0, 0.1) is 5.92 Å². The molecule has 1 aliphatic heterocycles. The second kappa shape index (κ2) is 7.79. The summed E-state index contributed by atoms with van der Waals surface area (Å²) >= 11 is 0. The lowest BCUT2D eigenvalue weighted by Crippen LogP contribution is -2.32. The van der Waals surface area contributed by atoms with Crippen LogP contribution < -0.4 is 15.5 Å². The molecule has 4 heteroatoms. The number of piperidine rings is 1. The van der Waals surface area contributed by atoms with Gasteiger partial charge in [-0.3, -0.25) is 5.43 Å². The molecule has 0 amide bonds. The SMILES string of the molecule is COc1ccc(N/N=C(/c2ccccc2)C2CCNCC2)cc1. The maximum Gasteiger partial charge on any atom is 0.119 e. The van der Waals surface area contributed by atoms with Crippen LogP contribution in [0.1, 0.15) is 18.4 Å². The summed E-state index contributed by atoms with van der Waals surface area (Å²) in [6, 6.07) is 18.3. The molecule has 0 spiro atoms. The van der Waals surface area contributed by atoms with Gasteiger partial charge in [0, 0.05) is 5.92 Å². The topological polar surface area (TPSA) is 45.6 Å². The quantitative estimate of drug-likeness (QED) is 0.656. The fourth-order valence-electron chi connectivity index (χ4n) is 2.89. The van der Waals surface area contributed by atoms with Crippen LogP contribution in [0.2, 0.25) is 0 Å². The van der Waals surface area contributed by atoms with Crippen LogP contribution in [0.5, 0.6) is 5.75 Å². The van der Waals surface area contributed by atoms with E-state index in [1.165, 1.54) is 5.56 Å². The largest absolute Gasteiger partial charge is 0.497 e. The van der Waals surface area contributed by atoms with Gasteiger partial charge in [0.15, 0.2) is 0 Å². The maximum atomic E-state index is 5.19. The van der Waals surface area contributed by atoms with Gasteiger partial charge in [-0.15, -0.1) is 0 Å². The van der Waals surface area contributed by atoms with Crippen molar-refractivity contribution in [3.63, 3.8) is 0 Å². The predicted molar refractivity (Wildman–Crippen MR) is 95.2 cm³/mol. The Morgan fingerprint density at radius 1 is 1.04 bits per heavy atom. The Morgan fingerprint density at radius 3 is 2.39 bits per heavy atom. The molecule has 0 aromatic heterocycles. The van der Waals surface area contributed by atoms with Crippen LogP contribution in [-0.2, 0) is 0 Å². The van der Waals surface area contributed by atoms with Gasteiger partial charge in [-0.2, -0.15) is 5.10 Å². The summed E-state index contributed by atoms with van der Waals surface area (Å²) in [5.41, 5.74) is 6.51. The summed E-state index contributed by atoms with van der Waals surface area (Å²) in [6.07, 6.45) is 2.25. The minimum Gasteiger partial charge on any atom is -0.497 e. The van der Waals surface area contributed by atoms with E-state index in [0.29, 0.717) is 5.92 Å². The highest BCUT2D eigenvalue weighted by Gasteiger charge is 2.20. The second-order valence-electron chi connectivity index (χ2n) is 5.73. The van der Waals surface area contributed by atoms with E-state index in [9.17, 15) is 0 Å². The number of benzene rings is 2. The van der Waals surface area contributed by atoms with Crippen LogP contribution in [0.4, 0.5) is 5.69 Å². The standard InChI is InChI=1S/C19H23N3O/c1-23-18-9-7-17(8-10-18)21-22-19(15-5-3-2-4-6-15)16-11-13-20-14-12-16/h2-10,16,20-21H,11-14H2,1H3/b22-19-. The fraction of sp³-hybridized carbons (Fsp3) is 0.316. The van der Waals surface area contributed by atoms with Gasteiger partial charge in [0.05, 0.1) is 18.5 Å². The van der Waals surface area contributed by atoms with Crippen molar-refractivity contribution in [2.24, 2.45) is 11.0 Å². The Balaban J connectivity index is 1.81. The monoisotopic (exact) mass is 309 g/mol. The van der Waals surface area contributed by atoms with Gasteiger partial charge in [-0.25, -0.2) is 0 Å². The highest BCUT2D eigenvalue weighted by atomic mass is 16.5. The molecule has 0 atom stereocenters. The van der Waals surface area contributed by atoms with Crippen molar-refractivity contribution in [2.45, 2.75) is 12.8 Å². The van der Waals surface area contributed by atoms with Crippen LogP contribution in [0.15, 0.2) is 59.7 Å². The van der Waals surface area contributed by atoms with E-state index in [2.05, 4.69) is 35.0 Å². The Labute approximate surface area is 137 Å². The van der Waals surface area contributed by atoms with Crippen molar-refractivity contribution in [2.75, 3.05) is 25.6 Å². The lowest BCUT2D eigenvalue weighted by Gasteiger charge is -2.24. The second-order valence-corrected chi connectivity index (χ2v) is 5.73. The van der Waals surface area contributed by atoms with Crippen molar-refractivity contribution < 1.29 is 4.74 Å². The molecule has 0 bridgehead atoms. The van der Waals surface area contributed by atoms with Gasteiger partial charge < -0.3 is 10.1 Å². The molecule has 1 saturated heterocycles. The molecule has 0 unspecified atom stereocenters. The van der Waals surface area contributed by atoms with Crippen molar-refractivity contribution in [1.29, 1.82) is 0 Å². The normalized spacial score (nSPS) is 16.1. The molecule has 2 N–H and O–H groups in total. The molecule has 0 saturated carbocycles. The summed E-state index contributed by atoms with van der Waals surface area (Å²) in [5, 5.41) is 8.16. The zero-order chi connectivity index (χ0) is 15.9. The molecule has 1 aliphatic rings. The fourth-order valence-corrected chi connectivity index (χ4v) is 2.89. The number of hydrogen-bond acceptors (Lipinski definition) is 4. The van der Waals surface area contributed by atoms with Crippen molar-refractivity contribution in [3.05, 3.63) is 60.2 Å². The van der Waals surface area contributed by atoms with Crippen molar-refractivity contribution >= 4 is 11.4 Å². The lowest BCUT2D eigenvalue weighted by atomic mass is 9.89. The molecular formula is C19H23N3O. The molecule has 120 valence electrons. The third kappa shape index (κ3) is 4.11. The molecular weight excluding hydrogens is 286 g/mol. The number of methoxy groups -OCH3 is 1. The average Bonchev–Trinajstić information content (AvgIpc) is 2.64. The van der Waals surface area contributed by atoms with E-state index >= 15 is 0 Å². The summed E-state index contributed by atoms with van der Waals surface area (Å²) in [5.74, 6) is 1.34. The third-order valence-corrected chi connectivity index (χ3v) is 4.19. The molecule has 4 nitrogen and oxygen atoms in total. The van der Waals surface area contributed by atoms with Gasteiger partial charge in [0.25, 0.3) is 0 Å². The highest BCUT2D eigenvalue weighted by molar-refractivity contribution is 6.02. The molecule has 2 aromatic carbocycles.